The van der Waals surface area contributed by atoms with Crippen LogP contribution in [-0.2, 0) is 4.74 Å². The average Bonchev–Trinajstić information content (AvgIpc) is 2.45. The minimum absolute atomic E-state index is 0.121. The maximum absolute atomic E-state index is 10.00. The zero-order valence-electron chi connectivity index (χ0n) is 12.7. The molecule has 2 unspecified atom stereocenters. The summed E-state index contributed by atoms with van der Waals surface area (Å²) in [6, 6.07) is 5.95. The normalized spacial score (nSPS) is 21.9. The van der Waals surface area contributed by atoms with Gasteiger partial charge in [-0.2, -0.15) is 0 Å². The maximum Gasteiger partial charge on any atom is 0.120 e. The molecule has 0 saturated carbocycles. The van der Waals surface area contributed by atoms with E-state index in [1.54, 1.807) is 0 Å². The van der Waals surface area contributed by atoms with E-state index in [-0.39, 0.29) is 12.1 Å². The van der Waals surface area contributed by atoms with Crippen LogP contribution in [0.5, 0.6) is 5.75 Å². The molecule has 4 heteroatoms. The highest BCUT2D eigenvalue weighted by atomic mass is 16.5. The van der Waals surface area contributed by atoms with Crippen LogP contribution in [0, 0.1) is 6.92 Å². The third-order valence-corrected chi connectivity index (χ3v) is 3.97. The molecule has 1 aromatic rings. The molecule has 1 saturated heterocycles. The molecule has 20 heavy (non-hydrogen) atoms. The standard InChI is InChI=1S/C16H26N2O2/c1-4-18-7-8-20-14(11-18)10-17-13(3)15-6-5-12(2)9-16(15)19/h5-6,9,13-14,17,19H,4,7-8,10-11H2,1-3H3. The van der Waals surface area contributed by atoms with Crippen molar-refractivity contribution in [1.82, 2.24) is 10.2 Å². The quantitative estimate of drug-likeness (QED) is 0.865. The summed E-state index contributed by atoms with van der Waals surface area (Å²) >= 11 is 0. The van der Waals surface area contributed by atoms with Gasteiger partial charge in [-0.3, -0.25) is 4.90 Å². The van der Waals surface area contributed by atoms with E-state index in [2.05, 4.69) is 24.1 Å². The van der Waals surface area contributed by atoms with Crippen molar-refractivity contribution in [2.75, 3.05) is 32.8 Å². The molecule has 1 aromatic carbocycles. The Balaban J connectivity index is 1.86. The van der Waals surface area contributed by atoms with Gasteiger partial charge in [0.15, 0.2) is 0 Å². The minimum Gasteiger partial charge on any atom is -0.508 e. The van der Waals surface area contributed by atoms with E-state index in [1.165, 1.54) is 0 Å². The summed E-state index contributed by atoms with van der Waals surface area (Å²) in [5.41, 5.74) is 2.02. The molecule has 1 heterocycles. The number of hydrogen-bond acceptors (Lipinski definition) is 4. The molecular formula is C16H26N2O2. The molecule has 0 aromatic heterocycles. The molecule has 1 fully saturated rings. The number of ether oxygens (including phenoxy) is 1. The highest BCUT2D eigenvalue weighted by Crippen LogP contribution is 2.24. The lowest BCUT2D eigenvalue weighted by Crippen LogP contribution is -2.46. The van der Waals surface area contributed by atoms with Gasteiger partial charge >= 0.3 is 0 Å². The summed E-state index contributed by atoms with van der Waals surface area (Å²) < 4.78 is 5.78. The summed E-state index contributed by atoms with van der Waals surface area (Å²) in [6.07, 6.45) is 0.235. The second-order valence-electron chi connectivity index (χ2n) is 5.58. The molecule has 1 aliphatic heterocycles. The molecule has 0 spiro atoms. The Morgan fingerprint density at radius 3 is 3.00 bits per heavy atom. The number of aryl methyl sites for hydroxylation is 1. The Labute approximate surface area is 121 Å². The zero-order chi connectivity index (χ0) is 14.5. The van der Waals surface area contributed by atoms with Crippen LogP contribution in [0.4, 0.5) is 0 Å². The Morgan fingerprint density at radius 1 is 1.50 bits per heavy atom. The predicted octanol–water partition coefficient (Wildman–Crippen LogP) is 2.07. The van der Waals surface area contributed by atoms with Gasteiger partial charge in [-0.15, -0.1) is 0 Å². The van der Waals surface area contributed by atoms with E-state index >= 15 is 0 Å². The largest absolute Gasteiger partial charge is 0.508 e. The van der Waals surface area contributed by atoms with Gasteiger partial charge in [-0.05, 0) is 32.0 Å². The van der Waals surface area contributed by atoms with E-state index in [0.717, 1.165) is 43.9 Å². The van der Waals surface area contributed by atoms with E-state index in [1.807, 2.05) is 25.1 Å². The van der Waals surface area contributed by atoms with Gasteiger partial charge in [-0.25, -0.2) is 0 Å². The number of nitrogens with one attached hydrogen (secondary N) is 1. The van der Waals surface area contributed by atoms with Crippen LogP contribution in [0.15, 0.2) is 18.2 Å². The van der Waals surface area contributed by atoms with Gasteiger partial charge in [0.05, 0.1) is 12.7 Å². The Kier molecular flexibility index (Phi) is 5.40. The van der Waals surface area contributed by atoms with Crippen molar-refractivity contribution in [3.05, 3.63) is 29.3 Å². The van der Waals surface area contributed by atoms with E-state index in [4.69, 9.17) is 4.74 Å². The highest BCUT2D eigenvalue weighted by Gasteiger charge is 2.20. The number of morpholine rings is 1. The molecule has 0 aliphatic carbocycles. The van der Waals surface area contributed by atoms with Gasteiger partial charge in [0.25, 0.3) is 0 Å². The van der Waals surface area contributed by atoms with Crippen molar-refractivity contribution < 1.29 is 9.84 Å². The minimum atomic E-state index is 0.121. The summed E-state index contributed by atoms with van der Waals surface area (Å²) in [6.45, 7) is 10.9. The fourth-order valence-electron chi connectivity index (χ4n) is 2.63. The average molecular weight is 278 g/mol. The predicted molar refractivity (Wildman–Crippen MR) is 81.1 cm³/mol. The fraction of sp³-hybridized carbons (Fsp3) is 0.625. The monoisotopic (exact) mass is 278 g/mol. The second kappa shape index (κ2) is 7.07. The van der Waals surface area contributed by atoms with Crippen molar-refractivity contribution >= 4 is 0 Å². The highest BCUT2D eigenvalue weighted by molar-refractivity contribution is 5.37. The first-order chi connectivity index (χ1) is 9.60. The topological polar surface area (TPSA) is 44.7 Å². The molecule has 112 valence electrons. The third kappa shape index (κ3) is 3.95. The van der Waals surface area contributed by atoms with Crippen molar-refractivity contribution in [2.24, 2.45) is 0 Å². The van der Waals surface area contributed by atoms with Crippen molar-refractivity contribution in [2.45, 2.75) is 32.9 Å². The molecule has 0 bridgehead atoms. The summed E-state index contributed by atoms with van der Waals surface area (Å²) in [4.78, 5) is 2.41. The summed E-state index contributed by atoms with van der Waals surface area (Å²) in [5.74, 6) is 0.366. The number of benzene rings is 1. The summed E-state index contributed by atoms with van der Waals surface area (Å²) in [7, 11) is 0. The maximum atomic E-state index is 10.00. The van der Waals surface area contributed by atoms with Crippen LogP contribution in [0.3, 0.4) is 0 Å². The van der Waals surface area contributed by atoms with Gasteiger partial charge in [0.1, 0.15) is 5.75 Å². The van der Waals surface area contributed by atoms with Crippen LogP contribution in [0.25, 0.3) is 0 Å². The number of nitrogens with zero attached hydrogens (tertiary/aromatic N) is 1. The van der Waals surface area contributed by atoms with Crippen molar-refractivity contribution in [3.63, 3.8) is 0 Å². The van der Waals surface area contributed by atoms with E-state index < -0.39 is 0 Å². The lowest BCUT2D eigenvalue weighted by molar-refractivity contribution is -0.0262. The van der Waals surface area contributed by atoms with Gasteiger partial charge in [0, 0.05) is 31.2 Å². The van der Waals surface area contributed by atoms with Gasteiger partial charge < -0.3 is 15.2 Å². The van der Waals surface area contributed by atoms with Gasteiger partial charge in [-0.1, -0.05) is 19.1 Å². The number of hydrogen-bond donors (Lipinski definition) is 2. The number of phenolic OH excluding ortho intramolecular Hbond substituents is 1. The molecule has 4 nitrogen and oxygen atoms in total. The van der Waals surface area contributed by atoms with Gasteiger partial charge in [0.2, 0.25) is 0 Å². The Morgan fingerprint density at radius 2 is 2.30 bits per heavy atom. The summed E-state index contributed by atoms with van der Waals surface area (Å²) in [5, 5.41) is 13.5. The van der Waals surface area contributed by atoms with Crippen LogP contribution in [0.1, 0.15) is 31.0 Å². The zero-order valence-corrected chi connectivity index (χ0v) is 12.7. The molecule has 0 radical (unpaired) electrons. The molecular weight excluding hydrogens is 252 g/mol. The van der Waals surface area contributed by atoms with Crippen molar-refractivity contribution in [3.8, 4) is 5.75 Å². The smallest absolute Gasteiger partial charge is 0.120 e. The lowest BCUT2D eigenvalue weighted by Gasteiger charge is -2.32. The lowest BCUT2D eigenvalue weighted by atomic mass is 10.0. The number of rotatable bonds is 5. The molecule has 2 N–H and O–H groups in total. The van der Waals surface area contributed by atoms with E-state index in [0.29, 0.717) is 5.75 Å². The van der Waals surface area contributed by atoms with Crippen molar-refractivity contribution in [1.29, 1.82) is 0 Å². The fourth-order valence-corrected chi connectivity index (χ4v) is 2.63. The number of likely N-dealkylation sites (N-methyl/N-ethyl adjacent to an activating group) is 1. The third-order valence-electron chi connectivity index (χ3n) is 3.97. The molecule has 2 rings (SSSR count). The first-order valence-electron chi connectivity index (χ1n) is 7.47. The molecule has 0 amide bonds. The Bertz CT molecular complexity index is 436. The second-order valence-corrected chi connectivity index (χ2v) is 5.58. The first kappa shape index (κ1) is 15.3. The van der Waals surface area contributed by atoms with E-state index in [9.17, 15) is 5.11 Å². The van der Waals surface area contributed by atoms with Crippen LogP contribution in [0.2, 0.25) is 0 Å². The van der Waals surface area contributed by atoms with Crippen LogP contribution < -0.4 is 5.32 Å². The van der Waals surface area contributed by atoms with Crippen LogP contribution >= 0.6 is 0 Å². The van der Waals surface area contributed by atoms with Crippen LogP contribution in [-0.4, -0.2) is 48.9 Å². The molecule has 2 atom stereocenters. The number of phenols is 1. The SMILES string of the molecule is CCN1CCOC(CNC(C)c2ccc(C)cc2O)C1. The first-order valence-corrected chi connectivity index (χ1v) is 7.47. The molecule has 1 aliphatic rings. The Hall–Kier alpha value is -1.10. The number of aromatic hydroxyl groups is 1.